The Balaban J connectivity index is 2.03. The summed E-state index contributed by atoms with van der Waals surface area (Å²) >= 11 is 8.00. The number of rotatable bonds is 5. The van der Waals surface area contributed by atoms with Crippen LogP contribution >= 0.6 is 22.9 Å². The van der Waals surface area contributed by atoms with Crippen molar-refractivity contribution in [3.8, 4) is 0 Å². The van der Waals surface area contributed by atoms with E-state index in [1.807, 2.05) is 17.5 Å². The molecule has 0 bridgehead atoms. The highest BCUT2D eigenvalue weighted by molar-refractivity contribution is 7.10. The van der Waals surface area contributed by atoms with Crippen molar-refractivity contribution in [3.05, 3.63) is 57.5 Å². The van der Waals surface area contributed by atoms with Crippen LogP contribution in [0.1, 0.15) is 29.8 Å². The Bertz CT molecular complexity index is 741. The van der Waals surface area contributed by atoms with Gasteiger partial charge in [0.2, 0.25) is 0 Å². The number of hydrogen-bond acceptors (Lipinski definition) is 4. The zero-order valence-corrected chi connectivity index (χ0v) is 13.3. The summed E-state index contributed by atoms with van der Waals surface area (Å²) in [7, 11) is 0. The van der Waals surface area contributed by atoms with E-state index in [-0.39, 0.29) is 6.04 Å². The predicted molar refractivity (Wildman–Crippen MR) is 89.0 cm³/mol. The number of nitrogens with one attached hydrogen (secondary N) is 1. The Morgan fingerprint density at radius 2 is 2.00 bits per heavy atom. The molecule has 3 rings (SSSR count). The molecule has 5 heteroatoms. The van der Waals surface area contributed by atoms with Crippen molar-refractivity contribution in [1.82, 2.24) is 15.3 Å². The van der Waals surface area contributed by atoms with Gasteiger partial charge in [0.15, 0.2) is 0 Å². The van der Waals surface area contributed by atoms with E-state index in [0.29, 0.717) is 0 Å². The third-order valence-electron chi connectivity index (χ3n) is 3.33. The highest BCUT2D eigenvalue weighted by Crippen LogP contribution is 2.33. The Kier molecular flexibility index (Phi) is 4.48. The number of hydrogen-bond donors (Lipinski definition) is 1. The fraction of sp³-hybridized carbons (Fsp3) is 0.250. The van der Waals surface area contributed by atoms with Crippen LogP contribution in [0.4, 0.5) is 0 Å². The fourth-order valence-corrected chi connectivity index (χ4v) is 3.59. The van der Waals surface area contributed by atoms with E-state index >= 15 is 0 Å². The Hall–Kier alpha value is -1.49. The van der Waals surface area contributed by atoms with Crippen molar-refractivity contribution in [2.24, 2.45) is 0 Å². The number of fused-ring (bicyclic) bond motifs is 1. The summed E-state index contributed by atoms with van der Waals surface area (Å²) in [5, 5.41) is 6.41. The van der Waals surface area contributed by atoms with E-state index in [4.69, 9.17) is 11.6 Å². The van der Waals surface area contributed by atoms with Crippen molar-refractivity contribution < 1.29 is 0 Å². The van der Waals surface area contributed by atoms with Crippen molar-refractivity contribution in [1.29, 1.82) is 0 Å². The summed E-state index contributed by atoms with van der Waals surface area (Å²) in [6.07, 6.45) is 4.51. The summed E-state index contributed by atoms with van der Waals surface area (Å²) in [4.78, 5) is 9.85. The molecular formula is C16H16ClN3S. The molecule has 2 aromatic heterocycles. The lowest BCUT2D eigenvalue weighted by Gasteiger charge is -2.18. The third-order valence-corrected chi connectivity index (χ3v) is 4.76. The average molecular weight is 318 g/mol. The molecule has 1 N–H and O–H groups in total. The lowest BCUT2D eigenvalue weighted by molar-refractivity contribution is 0.606. The van der Waals surface area contributed by atoms with Crippen LogP contribution in [0, 0.1) is 0 Å². The van der Waals surface area contributed by atoms with Crippen LogP contribution in [-0.2, 0) is 0 Å². The van der Waals surface area contributed by atoms with Gasteiger partial charge in [-0.1, -0.05) is 24.6 Å². The molecule has 0 radical (unpaired) electrons. The van der Waals surface area contributed by atoms with Gasteiger partial charge in [0, 0.05) is 17.3 Å². The molecule has 3 nitrogen and oxygen atoms in total. The van der Waals surface area contributed by atoms with E-state index in [1.165, 1.54) is 5.56 Å². The molecule has 0 spiro atoms. The van der Waals surface area contributed by atoms with Gasteiger partial charge >= 0.3 is 0 Å². The van der Waals surface area contributed by atoms with E-state index in [0.717, 1.165) is 33.9 Å². The van der Waals surface area contributed by atoms with Crippen LogP contribution in [0.5, 0.6) is 0 Å². The Labute approximate surface area is 133 Å². The van der Waals surface area contributed by atoms with Crippen LogP contribution < -0.4 is 5.32 Å². The summed E-state index contributed by atoms with van der Waals surface area (Å²) in [5.74, 6) is 0. The smallest absolute Gasteiger partial charge is 0.0890 e. The molecular weight excluding hydrogens is 302 g/mol. The van der Waals surface area contributed by atoms with E-state index in [2.05, 4.69) is 34.3 Å². The van der Waals surface area contributed by atoms with Crippen molar-refractivity contribution in [3.63, 3.8) is 0 Å². The van der Waals surface area contributed by atoms with Crippen LogP contribution in [0.25, 0.3) is 11.0 Å². The molecule has 0 amide bonds. The number of aromatic nitrogens is 2. The first-order valence-electron chi connectivity index (χ1n) is 6.96. The summed E-state index contributed by atoms with van der Waals surface area (Å²) in [6.45, 7) is 3.10. The number of benzene rings is 1. The molecule has 1 atom stereocenters. The summed E-state index contributed by atoms with van der Waals surface area (Å²) in [6, 6.07) is 8.25. The minimum absolute atomic E-state index is 0.101. The molecule has 0 aliphatic rings. The lowest BCUT2D eigenvalue weighted by Crippen LogP contribution is -2.22. The number of nitrogens with zero attached hydrogens (tertiary/aromatic N) is 2. The molecule has 1 aromatic carbocycles. The number of thiophene rings is 1. The predicted octanol–water partition coefficient (Wildman–Crippen LogP) is 4.43. The maximum Gasteiger partial charge on any atom is 0.0890 e. The normalized spacial score (nSPS) is 12.7. The molecule has 21 heavy (non-hydrogen) atoms. The fourth-order valence-electron chi connectivity index (χ4n) is 2.32. The first kappa shape index (κ1) is 14.4. The average Bonchev–Trinajstić information content (AvgIpc) is 2.94. The van der Waals surface area contributed by atoms with E-state index in [1.54, 1.807) is 23.7 Å². The molecule has 0 aliphatic heterocycles. The Morgan fingerprint density at radius 3 is 2.71 bits per heavy atom. The summed E-state index contributed by atoms with van der Waals surface area (Å²) in [5.41, 5.74) is 2.99. The van der Waals surface area contributed by atoms with Crippen molar-refractivity contribution in [2.45, 2.75) is 19.4 Å². The molecule has 0 aliphatic carbocycles. The quantitative estimate of drug-likeness (QED) is 0.756. The van der Waals surface area contributed by atoms with Gasteiger partial charge in [-0.05, 0) is 42.1 Å². The lowest BCUT2D eigenvalue weighted by atomic mass is 10.0. The first-order valence-corrected chi connectivity index (χ1v) is 8.22. The summed E-state index contributed by atoms with van der Waals surface area (Å²) < 4.78 is 0. The van der Waals surface area contributed by atoms with Gasteiger partial charge in [0.05, 0.1) is 22.1 Å². The maximum absolute atomic E-state index is 6.32. The second-order valence-corrected chi connectivity index (χ2v) is 6.18. The van der Waals surface area contributed by atoms with E-state index in [9.17, 15) is 0 Å². The SMILES string of the molecule is CCCNC(c1ccc2nccnc2c1)c1sccc1Cl. The topological polar surface area (TPSA) is 37.8 Å². The second kappa shape index (κ2) is 6.52. The second-order valence-electron chi connectivity index (χ2n) is 4.82. The van der Waals surface area contributed by atoms with Crippen LogP contribution in [0.3, 0.4) is 0 Å². The molecule has 1 unspecified atom stereocenters. The van der Waals surface area contributed by atoms with Gasteiger partial charge in [0.1, 0.15) is 0 Å². The van der Waals surface area contributed by atoms with Crippen molar-refractivity contribution in [2.75, 3.05) is 6.54 Å². The molecule has 3 aromatic rings. The van der Waals surface area contributed by atoms with Gasteiger partial charge in [0.25, 0.3) is 0 Å². The van der Waals surface area contributed by atoms with Gasteiger partial charge in [-0.2, -0.15) is 0 Å². The molecule has 0 saturated carbocycles. The number of halogens is 1. The maximum atomic E-state index is 6.32. The molecule has 0 saturated heterocycles. The highest BCUT2D eigenvalue weighted by atomic mass is 35.5. The van der Waals surface area contributed by atoms with Gasteiger partial charge in [-0.25, -0.2) is 0 Å². The standard InChI is InChI=1S/C16H16ClN3S/c1-2-6-20-15(16-12(17)5-9-21-16)11-3-4-13-14(10-11)19-8-7-18-13/h3-5,7-10,15,20H,2,6H2,1H3. The largest absolute Gasteiger partial charge is 0.306 e. The zero-order chi connectivity index (χ0) is 14.7. The van der Waals surface area contributed by atoms with Crippen LogP contribution in [0.2, 0.25) is 5.02 Å². The highest BCUT2D eigenvalue weighted by Gasteiger charge is 2.18. The molecule has 2 heterocycles. The van der Waals surface area contributed by atoms with Gasteiger partial charge < -0.3 is 5.32 Å². The van der Waals surface area contributed by atoms with Crippen LogP contribution in [-0.4, -0.2) is 16.5 Å². The Morgan fingerprint density at radius 1 is 1.19 bits per heavy atom. The monoisotopic (exact) mass is 317 g/mol. The van der Waals surface area contributed by atoms with Gasteiger partial charge in [-0.3, -0.25) is 9.97 Å². The minimum atomic E-state index is 0.101. The zero-order valence-electron chi connectivity index (χ0n) is 11.7. The molecule has 108 valence electrons. The first-order chi connectivity index (χ1) is 10.3. The van der Waals surface area contributed by atoms with E-state index < -0.39 is 0 Å². The van der Waals surface area contributed by atoms with Crippen LogP contribution in [0.15, 0.2) is 42.0 Å². The molecule has 0 fully saturated rings. The van der Waals surface area contributed by atoms with Gasteiger partial charge in [-0.15, -0.1) is 11.3 Å². The third kappa shape index (κ3) is 3.07. The van der Waals surface area contributed by atoms with Crippen molar-refractivity contribution >= 4 is 34.0 Å². The minimum Gasteiger partial charge on any atom is -0.306 e.